The summed E-state index contributed by atoms with van der Waals surface area (Å²) in [7, 11) is 0. The Morgan fingerprint density at radius 2 is 1.57 bits per heavy atom. The molecule has 0 unspecified atom stereocenters. The molecule has 1 N–H and O–H groups in total. The average Bonchev–Trinajstić information content (AvgIpc) is 2.71. The molecule has 0 bridgehead atoms. The summed E-state index contributed by atoms with van der Waals surface area (Å²) >= 11 is 0. The summed E-state index contributed by atoms with van der Waals surface area (Å²) in [6.45, 7) is 6.58. The quantitative estimate of drug-likeness (QED) is 0.634. The number of rotatable bonds is 10. The molecular formula is C22H29FN2O3. The number of aliphatic hydroxyl groups excluding tert-OH is 1. The number of ether oxygens (including phenoxy) is 2. The third-order valence-corrected chi connectivity index (χ3v) is 4.80. The van der Waals surface area contributed by atoms with Crippen LogP contribution < -0.4 is 4.74 Å². The van der Waals surface area contributed by atoms with Crippen molar-refractivity contribution in [3.63, 3.8) is 0 Å². The van der Waals surface area contributed by atoms with Crippen LogP contribution >= 0.6 is 0 Å². The van der Waals surface area contributed by atoms with Gasteiger partial charge in [0.2, 0.25) is 0 Å². The van der Waals surface area contributed by atoms with Crippen LogP contribution in [0.2, 0.25) is 0 Å². The predicted molar refractivity (Wildman–Crippen MR) is 107 cm³/mol. The standard InChI is InChI=1S/C22H29FN2O3/c23-20-6-8-22(9-7-20)28-15-14-27-18-21(26)17-25-12-10-24(11-13-25)16-19-4-2-1-3-5-19/h1-9,21,26H,10-18H2/t21-/m1/s1. The van der Waals surface area contributed by atoms with Crippen molar-refractivity contribution in [2.45, 2.75) is 12.6 Å². The van der Waals surface area contributed by atoms with E-state index in [4.69, 9.17) is 9.47 Å². The zero-order valence-electron chi connectivity index (χ0n) is 16.2. The second kappa shape index (κ2) is 11.1. The zero-order valence-corrected chi connectivity index (χ0v) is 16.2. The lowest BCUT2D eigenvalue weighted by atomic mass is 10.2. The first-order chi connectivity index (χ1) is 13.7. The van der Waals surface area contributed by atoms with Crippen molar-refractivity contribution in [1.82, 2.24) is 9.80 Å². The van der Waals surface area contributed by atoms with E-state index in [0.29, 0.717) is 25.5 Å². The van der Waals surface area contributed by atoms with E-state index < -0.39 is 6.10 Å². The summed E-state index contributed by atoms with van der Waals surface area (Å²) in [5, 5.41) is 10.2. The Bertz CT molecular complexity index is 676. The Morgan fingerprint density at radius 3 is 2.29 bits per heavy atom. The Morgan fingerprint density at radius 1 is 0.893 bits per heavy atom. The summed E-state index contributed by atoms with van der Waals surface area (Å²) in [6.07, 6.45) is -0.508. The molecule has 0 spiro atoms. The largest absolute Gasteiger partial charge is 0.491 e. The first kappa shape index (κ1) is 20.7. The molecular weight excluding hydrogens is 359 g/mol. The molecule has 1 saturated heterocycles. The summed E-state index contributed by atoms with van der Waals surface area (Å²) in [6, 6.07) is 16.4. The summed E-state index contributed by atoms with van der Waals surface area (Å²) in [5.74, 6) is 0.326. The lowest BCUT2D eigenvalue weighted by Gasteiger charge is -2.35. The van der Waals surface area contributed by atoms with Crippen molar-refractivity contribution in [2.24, 2.45) is 0 Å². The fourth-order valence-corrected chi connectivity index (χ4v) is 3.29. The Balaban J connectivity index is 1.24. The Labute approximate surface area is 166 Å². The minimum absolute atomic E-state index is 0.285. The van der Waals surface area contributed by atoms with Crippen LogP contribution in [0, 0.1) is 5.82 Å². The van der Waals surface area contributed by atoms with Crippen LogP contribution in [0.3, 0.4) is 0 Å². The molecule has 152 valence electrons. The maximum absolute atomic E-state index is 12.8. The highest BCUT2D eigenvalue weighted by Gasteiger charge is 2.19. The van der Waals surface area contributed by atoms with Crippen molar-refractivity contribution < 1.29 is 19.0 Å². The molecule has 1 atom stereocenters. The van der Waals surface area contributed by atoms with Gasteiger partial charge in [-0.3, -0.25) is 9.80 Å². The van der Waals surface area contributed by atoms with Gasteiger partial charge in [0.25, 0.3) is 0 Å². The number of benzene rings is 2. The van der Waals surface area contributed by atoms with Gasteiger partial charge in [-0.2, -0.15) is 0 Å². The number of nitrogens with zero attached hydrogens (tertiary/aromatic N) is 2. The number of β-amino-alcohol motifs (C(OH)–C–C–N with tert-alkyl or cyclic N) is 1. The molecule has 2 aromatic carbocycles. The van der Waals surface area contributed by atoms with Gasteiger partial charge in [-0.25, -0.2) is 4.39 Å². The summed E-state index contributed by atoms with van der Waals surface area (Å²) in [4.78, 5) is 4.73. The van der Waals surface area contributed by atoms with Gasteiger partial charge in [0.05, 0.1) is 19.3 Å². The maximum atomic E-state index is 12.8. The molecule has 1 aliphatic rings. The summed E-state index contributed by atoms with van der Waals surface area (Å²) in [5.41, 5.74) is 1.34. The van der Waals surface area contributed by atoms with E-state index in [2.05, 4.69) is 34.1 Å². The third kappa shape index (κ3) is 7.20. The van der Waals surface area contributed by atoms with Gasteiger partial charge in [-0.15, -0.1) is 0 Å². The molecule has 0 aliphatic carbocycles. The second-order valence-electron chi connectivity index (χ2n) is 7.09. The van der Waals surface area contributed by atoms with Crippen molar-refractivity contribution in [2.75, 3.05) is 52.5 Å². The van der Waals surface area contributed by atoms with Gasteiger partial charge in [0.15, 0.2) is 0 Å². The second-order valence-corrected chi connectivity index (χ2v) is 7.09. The number of piperazine rings is 1. The minimum atomic E-state index is -0.508. The van der Waals surface area contributed by atoms with Gasteiger partial charge in [-0.1, -0.05) is 30.3 Å². The smallest absolute Gasteiger partial charge is 0.123 e. The van der Waals surface area contributed by atoms with Crippen molar-refractivity contribution in [3.8, 4) is 5.75 Å². The van der Waals surface area contributed by atoms with E-state index in [1.54, 1.807) is 12.1 Å². The van der Waals surface area contributed by atoms with Crippen LogP contribution in [0.1, 0.15) is 5.56 Å². The lowest BCUT2D eigenvalue weighted by Crippen LogP contribution is -2.48. The highest BCUT2D eigenvalue weighted by Crippen LogP contribution is 2.11. The predicted octanol–water partition coefficient (Wildman–Crippen LogP) is 2.40. The van der Waals surface area contributed by atoms with Crippen LogP contribution in [-0.2, 0) is 11.3 Å². The van der Waals surface area contributed by atoms with Crippen LogP contribution in [0.4, 0.5) is 4.39 Å². The van der Waals surface area contributed by atoms with E-state index in [9.17, 15) is 9.50 Å². The molecule has 0 saturated carbocycles. The fraction of sp³-hybridized carbons (Fsp3) is 0.455. The van der Waals surface area contributed by atoms with E-state index in [1.807, 2.05) is 6.07 Å². The highest BCUT2D eigenvalue weighted by atomic mass is 19.1. The van der Waals surface area contributed by atoms with Gasteiger partial charge in [0, 0.05) is 39.3 Å². The number of halogens is 1. The Kier molecular flexibility index (Phi) is 8.23. The monoisotopic (exact) mass is 388 g/mol. The minimum Gasteiger partial charge on any atom is -0.491 e. The SMILES string of the molecule is O[C@@H](COCCOc1ccc(F)cc1)CN1CCN(Cc2ccccc2)CC1. The lowest BCUT2D eigenvalue weighted by molar-refractivity contribution is -0.000440. The molecule has 1 aliphatic heterocycles. The molecule has 0 radical (unpaired) electrons. The fourth-order valence-electron chi connectivity index (χ4n) is 3.29. The number of hydrogen-bond donors (Lipinski definition) is 1. The first-order valence-electron chi connectivity index (χ1n) is 9.82. The van der Waals surface area contributed by atoms with E-state index >= 15 is 0 Å². The normalized spacial score (nSPS) is 16.8. The summed E-state index contributed by atoms with van der Waals surface area (Å²) < 4.78 is 23.8. The molecule has 28 heavy (non-hydrogen) atoms. The maximum Gasteiger partial charge on any atom is 0.123 e. The van der Waals surface area contributed by atoms with E-state index in [1.165, 1.54) is 17.7 Å². The molecule has 1 fully saturated rings. The van der Waals surface area contributed by atoms with Crippen molar-refractivity contribution in [3.05, 3.63) is 66.0 Å². The van der Waals surface area contributed by atoms with Gasteiger partial charge < -0.3 is 14.6 Å². The van der Waals surface area contributed by atoms with Gasteiger partial charge >= 0.3 is 0 Å². The van der Waals surface area contributed by atoms with Crippen LogP contribution in [0.15, 0.2) is 54.6 Å². The van der Waals surface area contributed by atoms with Crippen LogP contribution in [0.25, 0.3) is 0 Å². The third-order valence-electron chi connectivity index (χ3n) is 4.80. The van der Waals surface area contributed by atoms with Gasteiger partial charge in [-0.05, 0) is 29.8 Å². The number of aliphatic hydroxyl groups is 1. The van der Waals surface area contributed by atoms with Crippen molar-refractivity contribution in [1.29, 1.82) is 0 Å². The highest BCUT2D eigenvalue weighted by molar-refractivity contribution is 5.21. The zero-order chi connectivity index (χ0) is 19.6. The first-order valence-corrected chi connectivity index (χ1v) is 9.82. The molecule has 0 amide bonds. The molecule has 5 nitrogen and oxygen atoms in total. The number of hydrogen-bond acceptors (Lipinski definition) is 5. The van der Waals surface area contributed by atoms with E-state index in [-0.39, 0.29) is 12.4 Å². The Hall–Kier alpha value is -1.99. The molecule has 0 aromatic heterocycles. The van der Waals surface area contributed by atoms with Crippen molar-refractivity contribution >= 4 is 0 Å². The van der Waals surface area contributed by atoms with Crippen LogP contribution in [-0.4, -0.2) is 73.6 Å². The molecule has 3 rings (SSSR count). The van der Waals surface area contributed by atoms with E-state index in [0.717, 1.165) is 32.7 Å². The average molecular weight is 388 g/mol. The molecule has 6 heteroatoms. The molecule has 1 heterocycles. The molecule has 2 aromatic rings. The van der Waals surface area contributed by atoms with Crippen LogP contribution in [0.5, 0.6) is 5.75 Å². The topological polar surface area (TPSA) is 45.2 Å². The van der Waals surface area contributed by atoms with Gasteiger partial charge in [0.1, 0.15) is 18.2 Å².